The van der Waals surface area contributed by atoms with Crippen molar-refractivity contribution in [3.63, 3.8) is 0 Å². The zero-order valence-corrected chi connectivity index (χ0v) is 13.8. The highest BCUT2D eigenvalue weighted by molar-refractivity contribution is 6.06. The molecule has 3 heterocycles. The Bertz CT molecular complexity index is 1070. The van der Waals surface area contributed by atoms with E-state index in [9.17, 15) is 9.50 Å². The summed E-state index contributed by atoms with van der Waals surface area (Å²) >= 11 is 0. The van der Waals surface area contributed by atoms with E-state index in [4.69, 9.17) is 0 Å². The summed E-state index contributed by atoms with van der Waals surface area (Å²) < 4.78 is 15.6. The van der Waals surface area contributed by atoms with Gasteiger partial charge in [-0.2, -0.15) is 5.10 Å². The minimum atomic E-state index is -0.488. The summed E-state index contributed by atoms with van der Waals surface area (Å²) in [6.45, 7) is 3.94. The fourth-order valence-electron chi connectivity index (χ4n) is 2.94. The molecule has 0 aliphatic rings. The molecule has 128 valence electrons. The lowest BCUT2D eigenvalue weighted by Gasteiger charge is -2.12. The zero-order chi connectivity index (χ0) is 17.6. The molecule has 1 atom stereocenters. The normalized spacial score (nSPS) is 12.8. The van der Waals surface area contributed by atoms with Gasteiger partial charge in [0.05, 0.1) is 46.4 Å². The highest BCUT2D eigenvalue weighted by Crippen LogP contribution is 2.31. The Morgan fingerprint density at radius 2 is 2.16 bits per heavy atom. The van der Waals surface area contributed by atoms with Gasteiger partial charge < -0.3 is 15.0 Å². The van der Waals surface area contributed by atoms with Gasteiger partial charge in [0, 0.05) is 11.9 Å². The Labute approximate surface area is 142 Å². The summed E-state index contributed by atoms with van der Waals surface area (Å²) in [6, 6.07) is 4.65. The average Bonchev–Trinajstić information content (AvgIpc) is 3.14. The first-order valence-corrected chi connectivity index (χ1v) is 7.93. The van der Waals surface area contributed by atoms with Crippen molar-refractivity contribution in [3.05, 3.63) is 42.1 Å². The van der Waals surface area contributed by atoms with E-state index < -0.39 is 6.10 Å². The van der Waals surface area contributed by atoms with Crippen LogP contribution in [0.1, 0.15) is 12.6 Å². The van der Waals surface area contributed by atoms with Crippen LogP contribution in [0, 0.1) is 12.7 Å². The van der Waals surface area contributed by atoms with Gasteiger partial charge in [0.1, 0.15) is 5.82 Å². The van der Waals surface area contributed by atoms with Crippen LogP contribution in [0.5, 0.6) is 0 Å². The number of aliphatic hydroxyl groups excluding tert-OH is 1. The van der Waals surface area contributed by atoms with Gasteiger partial charge in [-0.05, 0) is 32.0 Å². The molecular weight excluding hydrogens is 323 g/mol. The number of H-pyrrole nitrogens is 1. The summed E-state index contributed by atoms with van der Waals surface area (Å²) in [5, 5.41) is 20.1. The topological polar surface area (TPSA) is 91.7 Å². The summed E-state index contributed by atoms with van der Waals surface area (Å²) in [5.74, 6) is 0.153. The molecule has 3 N–H and O–H groups in total. The maximum Gasteiger partial charge on any atom is 0.223 e. The molecule has 0 bridgehead atoms. The van der Waals surface area contributed by atoms with E-state index >= 15 is 0 Å². The van der Waals surface area contributed by atoms with Gasteiger partial charge >= 0.3 is 0 Å². The maximum absolute atomic E-state index is 13.7. The number of benzene rings is 1. The minimum absolute atomic E-state index is 0.299. The summed E-state index contributed by atoms with van der Waals surface area (Å²) in [6.07, 6.45) is 2.92. The fourth-order valence-corrected chi connectivity index (χ4v) is 2.94. The Kier molecular flexibility index (Phi) is 3.61. The van der Waals surface area contributed by atoms with Gasteiger partial charge in [-0.3, -0.25) is 5.10 Å². The number of nitrogens with one attached hydrogen (secondary N) is 2. The standard InChI is InChI=1S/C17H17FN6O/c1-9(25)6-19-17-20-7-14(10(2)22-17)24-13-4-3-11(18)5-12(13)16-15(24)8-21-23-16/h3-5,7-9,25H,6H2,1-2H3,(H,21,23)(H,19,20,22)/t9-/m0/s1. The Morgan fingerprint density at radius 3 is 2.92 bits per heavy atom. The molecule has 7 nitrogen and oxygen atoms in total. The predicted octanol–water partition coefficient (Wildman–Crippen LogP) is 2.54. The van der Waals surface area contributed by atoms with E-state index in [1.54, 1.807) is 25.4 Å². The van der Waals surface area contributed by atoms with Crippen LogP contribution in [0.25, 0.3) is 27.6 Å². The maximum atomic E-state index is 13.7. The molecule has 0 fully saturated rings. The van der Waals surface area contributed by atoms with E-state index in [0.717, 1.165) is 33.3 Å². The second-order valence-corrected chi connectivity index (χ2v) is 6.02. The first-order chi connectivity index (χ1) is 12.0. The first kappa shape index (κ1) is 15.5. The Balaban J connectivity index is 1.87. The van der Waals surface area contributed by atoms with Gasteiger partial charge in [0.25, 0.3) is 0 Å². The second-order valence-electron chi connectivity index (χ2n) is 6.02. The molecule has 8 heteroatoms. The molecule has 0 saturated heterocycles. The molecule has 0 unspecified atom stereocenters. The monoisotopic (exact) mass is 340 g/mol. The van der Waals surface area contributed by atoms with E-state index in [1.807, 2.05) is 11.5 Å². The van der Waals surface area contributed by atoms with Crippen LogP contribution in [0.4, 0.5) is 10.3 Å². The van der Waals surface area contributed by atoms with Crippen LogP contribution in [0.15, 0.2) is 30.6 Å². The largest absolute Gasteiger partial charge is 0.392 e. The zero-order valence-electron chi connectivity index (χ0n) is 13.8. The van der Waals surface area contributed by atoms with Crippen LogP contribution in [0.2, 0.25) is 0 Å². The third kappa shape index (κ3) is 2.60. The van der Waals surface area contributed by atoms with Crippen molar-refractivity contribution in [2.24, 2.45) is 0 Å². The van der Waals surface area contributed by atoms with E-state index in [0.29, 0.717) is 12.5 Å². The van der Waals surface area contributed by atoms with Gasteiger partial charge in [0.15, 0.2) is 0 Å². The average molecular weight is 340 g/mol. The van der Waals surface area contributed by atoms with Crippen molar-refractivity contribution in [2.45, 2.75) is 20.0 Å². The SMILES string of the molecule is Cc1nc(NC[C@H](C)O)ncc1-n1c2ccc(F)cc2c2[nH]ncc21. The quantitative estimate of drug-likeness (QED) is 0.531. The van der Waals surface area contributed by atoms with Crippen molar-refractivity contribution >= 4 is 27.9 Å². The molecule has 25 heavy (non-hydrogen) atoms. The van der Waals surface area contributed by atoms with Crippen molar-refractivity contribution in [1.29, 1.82) is 0 Å². The number of hydrogen-bond acceptors (Lipinski definition) is 5. The van der Waals surface area contributed by atoms with Gasteiger partial charge in [0.2, 0.25) is 5.95 Å². The molecule has 1 aromatic carbocycles. The van der Waals surface area contributed by atoms with E-state index in [-0.39, 0.29) is 5.82 Å². The van der Waals surface area contributed by atoms with E-state index in [1.165, 1.54) is 12.1 Å². The lowest BCUT2D eigenvalue weighted by molar-refractivity contribution is 0.208. The molecule has 0 amide bonds. The van der Waals surface area contributed by atoms with Gasteiger partial charge in [-0.25, -0.2) is 14.4 Å². The number of fused-ring (bicyclic) bond motifs is 3. The molecular formula is C17H17FN6O. The van der Waals surface area contributed by atoms with Crippen LogP contribution >= 0.6 is 0 Å². The Morgan fingerprint density at radius 1 is 1.32 bits per heavy atom. The fraction of sp³-hybridized carbons (Fsp3) is 0.235. The van der Waals surface area contributed by atoms with Crippen LogP contribution in [0.3, 0.4) is 0 Å². The number of halogens is 1. The van der Waals surface area contributed by atoms with Gasteiger partial charge in [-0.1, -0.05) is 0 Å². The summed E-state index contributed by atoms with van der Waals surface area (Å²) in [4.78, 5) is 8.78. The summed E-state index contributed by atoms with van der Waals surface area (Å²) in [7, 11) is 0. The van der Waals surface area contributed by atoms with Gasteiger partial charge in [-0.15, -0.1) is 0 Å². The van der Waals surface area contributed by atoms with Crippen molar-refractivity contribution in [3.8, 4) is 5.69 Å². The number of aromatic nitrogens is 5. The number of aryl methyl sites for hydroxylation is 1. The Hall–Kier alpha value is -3.00. The number of anilines is 1. The highest BCUT2D eigenvalue weighted by Gasteiger charge is 2.17. The summed E-state index contributed by atoms with van der Waals surface area (Å²) in [5.41, 5.74) is 3.99. The predicted molar refractivity (Wildman–Crippen MR) is 93.4 cm³/mol. The number of aromatic amines is 1. The van der Waals surface area contributed by atoms with E-state index in [2.05, 4.69) is 25.5 Å². The third-order valence-electron chi connectivity index (χ3n) is 4.08. The highest BCUT2D eigenvalue weighted by atomic mass is 19.1. The molecule has 0 saturated carbocycles. The lowest BCUT2D eigenvalue weighted by Crippen LogP contribution is -2.17. The van der Waals surface area contributed by atoms with Crippen LogP contribution in [-0.4, -0.2) is 42.5 Å². The molecule has 4 rings (SSSR count). The van der Waals surface area contributed by atoms with Crippen molar-refractivity contribution in [2.75, 3.05) is 11.9 Å². The molecule has 0 spiro atoms. The number of hydrogen-bond donors (Lipinski definition) is 3. The smallest absolute Gasteiger partial charge is 0.223 e. The number of aliphatic hydroxyl groups is 1. The third-order valence-corrected chi connectivity index (χ3v) is 4.08. The van der Waals surface area contributed by atoms with Crippen molar-refractivity contribution < 1.29 is 9.50 Å². The van der Waals surface area contributed by atoms with Crippen molar-refractivity contribution in [1.82, 2.24) is 24.7 Å². The molecule has 0 radical (unpaired) electrons. The second kappa shape index (κ2) is 5.82. The van der Waals surface area contributed by atoms with Crippen LogP contribution < -0.4 is 5.32 Å². The molecule has 3 aromatic heterocycles. The molecule has 0 aliphatic heterocycles. The number of nitrogens with zero attached hydrogens (tertiary/aromatic N) is 4. The minimum Gasteiger partial charge on any atom is -0.392 e. The molecule has 4 aromatic rings. The first-order valence-electron chi connectivity index (χ1n) is 7.93. The number of rotatable bonds is 4. The van der Waals surface area contributed by atoms with Crippen LogP contribution in [-0.2, 0) is 0 Å². The lowest BCUT2D eigenvalue weighted by atomic mass is 10.2. The molecule has 0 aliphatic carbocycles.